The summed E-state index contributed by atoms with van der Waals surface area (Å²) in [5, 5.41) is 7.57. The molecule has 5 nitrogen and oxygen atoms in total. The van der Waals surface area contributed by atoms with E-state index in [1.54, 1.807) is 24.1 Å². The molecule has 0 saturated carbocycles. The zero-order chi connectivity index (χ0) is 11.8. The van der Waals surface area contributed by atoms with E-state index >= 15 is 0 Å². The first-order valence-corrected chi connectivity index (χ1v) is 5.14. The topological polar surface area (TPSA) is 55.3 Å². The lowest BCUT2D eigenvalue weighted by atomic mass is 10.2. The third-order valence-electron chi connectivity index (χ3n) is 2.66. The third kappa shape index (κ3) is 1.44. The fourth-order valence-corrected chi connectivity index (χ4v) is 1.77. The summed E-state index contributed by atoms with van der Waals surface area (Å²) < 4.78 is 5.61. The Morgan fingerprint density at radius 1 is 1.24 bits per heavy atom. The second-order valence-electron chi connectivity index (χ2n) is 3.68. The van der Waals surface area contributed by atoms with Gasteiger partial charge in [0.25, 0.3) is 11.8 Å². The van der Waals surface area contributed by atoms with Crippen LogP contribution in [0.5, 0.6) is 11.6 Å². The number of para-hydroxylation sites is 2. The number of hydrogen-bond acceptors (Lipinski definition) is 4. The predicted octanol–water partition coefficient (Wildman–Crippen LogP) is 1.86. The SMILES string of the molecule is CN1C(=O)c2ccnnc2Oc2ccccc21. The van der Waals surface area contributed by atoms with Crippen LogP contribution < -0.4 is 9.64 Å². The van der Waals surface area contributed by atoms with Crippen molar-refractivity contribution in [3.8, 4) is 11.6 Å². The van der Waals surface area contributed by atoms with Crippen LogP contribution >= 0.6 is 0 Å². The van der Waals surface area contributed by atoms with Crippen LogP contribution in [0.3, 0.4) is 0 Å². The van der Waals surface area contributed by atoms with Gasteiger partial charge in [-0.25, -0.2) is 0 Å². The second kappa shape index (κ2) is 3.55. The molecule has 0 N–H and O–H groups in total. The van der Waals surface area contributed by atoms with E-state index < -0.39 is 0 Å². The molecule has 1 amide bonds. The molecule has 0 bridgehead atoms. The summed E-state index contributed by atoms with van der Waals surface area (Å²) in [4.78, 5) is 13.7. The molecule has 1 aromatic heterocycles. The number of nitrogens with zero attached hydrogens (tertiary/aromatic N) is 3. The van der Waals surface area contributed by atoms with E-state index in [0.717, 1.165) is 5.69 Å². The van der Waals surface area contributed by atoms with Crippen LogP contribution in [0.4, 0.5) is 5.69 Å². The van der Waals surface area contributed by atoms with Crippen LogP contribution in [0, 0.1) is 0 Å². The van der Waals surface area contributed by atoms with Crippen LogP contribution in [0.1, 0.15) is 10.4 Å². The van der Waals surface area contributed by atoms with Crippen molar-refractivity contribution in [2.45, 2.75) is 0 Å². The van der Waals surface area contributed by atoms with Gasteiger partial charge in [-0.2, -0.15) is 5.10 Å². The monoisotopic (exact) mass is 227 g/mol. The van der Waals surface area contributed by atoms with Gasteiger partial charge < -0.3 is 9.64 Å². The molecule has 0 unspecified atom stereocenters. The molecule has 1 aromatic carbocycles. The summed E-state index contributed by atoms with van der Waals surface area (Å²) in [6, 6.07) is 8.93. The fraction of sp³-hybridized carbons (Fsp3) is 0.0833. The Morgan fingerprint density at radius 2 is 2.06 bits per heavy atom. The maximum atomic E-state index is 12.2. The number of aromatic nitrogens is 2. The number of benzene rings is 1. The Balaban J connectivity index is 2.24. The molecule has 17 heavy (non-hydrogen) atoms. The quantitative estimate of drug-likeness (QED) is 0.689. The van der Waals surface area contributed by atoms with E-state index in [0.29, 0.717) is 11.3 Å². The van der Waals surface area contributed by atoms with Crippen molar-refractivity contribution >= 4 is 11.6 Å². The Bertz CT molecular complexity index is 598. The summed E-state index contributed by atoms with van der Waals surface area (Å²) in [6.45, 7) is 0. The minimum atomic E-state index is -0.153. The van der Waals surface area contributed by atoms with Gasteiger partial charge in [-0.3, -0.25) is 4.79 Å². The number of carbonyl (C=O) groups is 1. The van der Waals surface area contributed by atoms with Crippen LogP contribution in [-0.4, -0.2) is 23.2 Å². The van der Waals surface area contributed by atoms with Crippen LogP contribution in [0.15, 0.2) is 36.5 Å². The molecule has 0 saturated heterocycles. The van der Waals surface area contributed by atoms with Crippen molar-refractivity contribution in [3.63, 3.8) is 0 Å². The van der Waals surface area contributed by atoms with Crippen molar-refractivity contribution in [3.05, 3.63) is 42.1 Å². The number of carbonyl (C=O) groups excluding carboxylic acids is 1. The smallest absolute Gasteiger partial charge is 0.263 e. The highest BCUT2D eigenvalue weighted by molar-refractivity contribution is 6.08. The predicted molar refractivity (Wildman–Crippen MR) is 61.3 cm³/mol. The van der Waals surface area contributed by atoms with Crippen molar-refractivity contribution in [1.82, 2.24) is 10.2 Å². The Hall–Kier alpha value is -2.43. The molecule has 1 aliphatic heterocycles. The number of amides is 1. The summed E-state index contributed by atoms with van der Waals surface area (Å²) in [6.07, 6.45) is 1.48. The Kier molecular flexibility index (Phi) is 2.04. The molecule has 0 atom stereocenters. The lowest BCUT2D eigenvalue weighted by molar-refractivity contribution is 0.0992. The molecule has 0 fully saturated rings. The summed E-state index contributed by atoms with van der Waals surface area (Å²) in [7, 11) is 1.71. The standard InChI is InChI=1S/C12H9N3O2/c1-15-9-4-2-3-5-10(9)17-11-8(12(15)16)6-7-13-14-11/h2-7H,1H3. The van der Waals surface area contributed by atoms with Crippen LogP contribution in [-0.2, 0) is 0 Å². The van der Waals surface area contributed by atoms with Gasteiger partial charge in [-0.1, -0.05) is 12.1 Å². The van der Waals surface area contributed by atoms with Gasteiger partial charge in [-0.05, 0) is 18.2 Å². The van der Waals surface area contributed by atoms with Crippen molar-refractivity contribution in [2.75, 3.05) is 11.9 Å². The minimum absolute atomic E-state index is 0.153. The molecule has 3 rings (SSSR count). The van der Waals surface area contributed by atoms with Crippen molar-refractivity contribution in [2.24, 2.45) is 0 Å². The lowest BCUT2D eigenvalue weighted by Crippen LogP contribution is -2.25. The average Bonchev–Trinajstić information content (AvgIpc) is 2.48. The van der Waals surface area contributed by atoms with Crippen molar-refractivity contribution in [1.29, 1.82) is 0 Å². The second-order valence-corrected chi connectivity index (χ2v) is 3.68. The molecule has 0 radical (unpaired) electrons. The summed E-state index contributed by atoms with van der Waals surface area (Å²) in [5.74, 6) is 0.691. The molecule has 2 heterocycles. The molecule has 0 aliphatic carbocycles. The Morgan fingerprint density at radius 3 is 2.94 bits per heavy atom. The number of rotatable bonds is 0. The maximum absolute atomic E-state index is 12.2. The van der Waals surface area contributed by atoms with Gasteiger partial charge in [0.15, 0.2) is 5.75 Å². The number of anilines is 1. The number of hydrogen-bond donors (Lipinski definition) is 0. The highest BCUT2D eigenvalue weighted by Crippen LogP contribution is 2.36. The van der Waals surface area contributed by atoms with E-state index in [9.17, 15) is 4.79 Å². The van der Waals surface area contributed by atoms with E-state index in [2.05, 4.69) is 10.2 Å². The third-order valence-corrected chi connectivity index (χ3v) is 2.66. The van der Waals surface area contributed by atoms with Gasteiger partial charge >= 0.3 is 0 Å². The zero-order valence-corrected chi connectivity index (χ0v) is 9.12. The largest absolute Gasteiger partial charge is 0.435 e. The highest BCUT2D eigenvalue weighted by Gasteiger charge is 2.26. The van der Waals surface area contributed by atoms with Crippen molar-refractivity contribution < 1.29 is 9.53 Å². The first-order chi connectivity index (χ1) is 8.27. The van der Waals surface area contributed by atoms with Gasteiger partial charge in [0.1, 0.15) is 5.56 Å². The van der Waals surface area contributed by atoms with E-state index in [4.69, 9.17) is 4.74 Å². The molecule has 5 heteroatoms. The minimum Gasteiger partial charge on any atom is -0.435 e. The molecular weight excluding hydrogens is 218 g/mol. The van der Waals surface area contributed by atoms with Crippen LogP contribution in [0.2, 0.25) is 0 Å². The van der Waals surface area contributed by atoms with Gasteiger partial charge in [0.2, 0.25) is 0 Å². The van der Waals surface area contributed by atoms with Gasteiger partial charge in [-0.15, -0.1) is 5.10 Å². The fourth-order valence-electron chi connectivity index (χ4n) is 1.77. The lowest BCUT2D eigenvalue weighted by Gasteiger charge is -2.15. The first-order valence-electron chi connectivity index (χ1n) is 5.14. The van der Waals surface area contributed by atoms with E-state index in [1.807, 2.05) is 18.2 Å². The summed E-state index contributed by atoms with van der Waals surface area (Å²) >= 11 is 0. The normalized spacial score (nSPS) is 13.5. The molecule has 2 aromatic rings. The molecule has 0 spiro atoms. The summed E-state index contributed by atoms with van der Waals surface area (Å²) in [5.41, 5.74) is 1.13. The zero-order valence-electron chi connectivity index (χ0n) is 9.12. The number of ether oxygens (including phenoxy) is 1. The molecule has 1 aliphatic rings. The molecular formula is C12H9N3O2. The van der Waals surface area contributed by atoms with Crippen LogP contribution in [0.25, 0.3) is 0 Å². The average molecular weight is 227 g/mol. The maximum Gasteiger partial charge on any atom is 0.263 e. The van der Waals surface area contributed by atoms with Gasteiger partial charge in [0, 0.05) is 7.05 Å². The highest BCUT2D eigenvalue weighted by atomic mass is 16.5. The Labute approximate surface area is 97.7 Å². The molecule has 84 valence electrons. The first kappa shape index (κ1) is 9.77. The van der Waals surface area contributed by atoms with E-state index in [1.165, 1.54) is 6.20 Å². The van der Waals surface area contributed by atoms with Gasteiger partial charge in [0.05, 0.1) is 11.9 Å². The van der Waals surface area contributed by atoms with E-state index in [-0.39, 0.29) is 11.8 Å². The number of fused-ring (bicyclic) bond motifs is 2.